The standard InChI is InChI=1S/C14H17NO3/c1-9(2)15-8-11-5-3-10(4-6-13(16)17)7-12(11)14(15)18/h3,5,7,9H,4,6,8H2,1-2H3,(H,16,17). The van der Waals surface area contributed by atoms with Gasteiger partial charge in [-0.2, -0.15) is 0 Å². The minimum absolute atomic E-state index is 0.0529. The molecule has 0 saturated heterocycles. The fourth-order valence-corrected chi connectivity index (χ4v) is 2.19. The quantitative estimate of drug-likeness (QED) is 0.886. The fraction of sp³-hybridized carbons (Fsp3) is 0.429. The van der Waals surface area contributed by atoms with E-state index in [1.165, 1.54) is 0 Å². The molecule has 0 aromatic heterocycles. The summed E-state index contributed by atoms with van der Waals surface area (Å²) in [5, 5.41) is 8.66. The zero-order chi connectivity index (χ0) is 13.3. The van der Waals surface area contributed by atoms with Crippen molar-refractivity contribution in [3.05, 3.63) is 34.9 Å². The van der Waals surface area contributed by atoms with E-state index in [1.54, 1.807) is 0 Å². The number of rotatable bonds is 4. The number of aliphatic carboxylic acids is 1. The van der Waals surface area contributed by atoms with Gasteiger partial charge in [0, 0.05) is 24.6 Å². The van der Waals surface area contributed by atoms with E-state index in [0.29, 0.717) is 13.0 Å². The van der Waals surface area contributed by atoms with Crippen molar-refractivity contribution < 1.29 is 14.7 Å². The molecule has 0 spiro atoms. The Morgan fingerprint density at radius 2 is 2.17 bits per heavy atom. The van der Waals surface area contributed by atoms with E-state index in [4.69, 9.17) is 5.11 Å². The molecule has 0 bridgehead atoms. The van der Waals surface area contributed by atoms with Gasteiger partial charge in [0.15, 0.2) is 0 Å². The molecule has 1 heterocycles. The number of hydrogen-bond donors (Lipinski definition) is 1. The van der Waals surface area contributed by atoms with E-state index in [9.17, 15) is 9.59 Å². The highest BCUT2D eigenvalue weighted by Gasteiger charge is 2.28. The molecule has 0 aliphatic carbocycles. The zero-order valence-electron chi connectivity index (χ0n) is 10.6. The van der Waals surface area contributed by atoms with Crippen LogP contribution in [-0.2, 0) is 17.8 Å². The lowest BCUT2D eigenvalue weighted by atomic mass is 10.0. The number of fused-ring (bicyclic) bond motifs is 1. The zero-order valence-corrected chi connectivity index (χ0v) is 10.6. The Kier molecular flexibility index (Phi) is 3.36. The maximum atomic E-state index is 12.1. The average Bonchev–Trinajstić information content (AvgIpc) is 2.64. The highest BCUT2D eigenvalue weighted by atomic mass is 16.4. The molecular weight excluding hydrogens is 230 g/mol. The molecular formula is C14H17NO3. The SMILES string of the molecule is CC(C)N1Cc2ccc(CCC(=O)O)cc2C1=O. The summed E-state index contributed by atoms with van der Waals surface area (Å²) in [6, 6.07) is 5.88. The van der Waals surface area contributed by atoms with Crippen LogP contribution in [0.2, 0.25) is 0 Å². The van der Waals surface area contributed by atoms with E-state index in [2.05, 4.69) is 0 Å². The Hall–Kier alpha value is -1.84. The smallest absolute Gasteiger partial charge is 0.303 e. The van der Waals surface area contributed by atoms with Gasteiger partial charge >= 0.3 is 5.97 Å². The van der Waals surface area contributed by atoms with Crippen LogP contribution in [0.4, 0.5) is 0 Å². The third kappa shape index (κ3) is 2.37. The molecule has 1 aromatic carbocycles. The number of carbonyl (C=O) groups is 2. The minimum Gasteiger partial charge on any atom is -0.481 e. The lowest BCUT2D eigenvalue weighted by molar-refractivity contribution is -0.136. The van der Waals surface area contributed by atoms with Gasteiger partial charge in [0.2, 0.25) is 0 Å². The van der Waals surface area contributed by atoms with Gasteiger partial charge in [-0.25, -0.2) is 0 Å². The molecule has 1 N–H and O–H groups in total. The van der Waals surface area contributed by atoms with Crippen LogP contribution in [0.1, 0.15) is 41.8 Å². The number of hydrogen-bond acceptors (Lipinski definition) is 2. The Balaban J connectivity index is 2.20. The van der Waals surface area contributed by atoms with Gasteiger partial charge in [0.25, 0.3) is 5.91 Å². The van der Waals surface area contributed by atoms with Crippen molar-refractivity contribution in [1.29, 1.82) is 0 Å². The summed E-state index contributed by atoms with van der Waals surface area (Å²) in [4.78, 5) is 24.5. The second-order valence-corrected chi connectivity index (χ2v) is 4.91. The fourth-order valence-electron chi connectivity index (χ4n) is 2.19. The van der Waals surface area contributed by atoms with Gasteiger partial charge in [0.05, 0.1) is 0 Å². The maximum Gasteiger partial charge on any atom is 0.303 e. The number of carboxylic acids is 1. The van der Waals surface area contributed by atoms with Gasteiger partial charge in [-0.05, 0) is 37.5 Å². The molecule has 1 aromatic rings. The molecule has 0 fully saturated rings. The van der Waals surface area contributed by atoms with E-state index < -0.39 is 5.97 Å². The molecule has 2 rings (SSSR count). The Morgan fingerprint density at radius 3 is 2.78 bits per heavy atom. The Bertz CT molecular complexity index is 494. The Morgan fingerprint density at radius 1 is 1.44 bits per heavy atom. The first-order chi connectivity index (χ1) is 8.49. The summed E-state index contributed by atoms with van der Waals surface area (Å²) < 4.78 is 0. The highest BCUT2D eigenvalue weighted by molar-refractivity contribution is 5.98. The summed E-state index contributed by atoms with van der Waals surface area (Å²) in [5.74, 6) is -0.761. The number of benzene rings is 1. The predicted molar refractivity (Wildman–Crippen MR) is 67.4 cm³/mol. The molecule has 1 aliphatic heterocycles. The average molecular weight is 247 g/mol. The van der Waals surface area contributed by atoms with Crippen LogP contribution in [0.15, 0.2) is 18.2 Å². The largest absolute Gasteiger partial charge is 0.481 e. The van der Waals surface area contributed by atoms with Crippen LogP contribution < -0.4 is 0 Å². The lowest BCUT2D eigenvalue weighted by Gasteiger charge is -2.19. The monoisotopic (exact) mass is 247 g/mol. The molecule has 96 valence electrons. The molecule has 4 heteroatoms. The molecule has 0 atom stereocenters. The van der Waals surface area contributed by atoms with Crippen molar-refractivity contribution in [1.82, 2.24) is 4.90 Å². The number of aryl methyl sites for hydroxylation is 1. The van der Waals surface area contributed by atoms with Crippen molar-refractivity contribution in [3.8, 4) is 0 Å². The van der Waals surface area contributed by atoms with E-state index in [1.807, 2.05) is 36.9 Å². The lowest BCUT2D eigenvalue weighted by Crippen LogP contribution is -2.30. The molecule has 0 radical (unpaired) electrons. The van der Waals surface area contributed by atoms with Crippen LogP contribution >= 0.6 is 0 Å². The Labute approximate surface area is 106 Å². The molecule has 1 amide bonds. The molecule has 4 nitrogen and oxygen atoms in total. The highest BCUT2D eigenvalue weighted by Crippen LogP contribution is 2.25. The van der Waals surface area contributed by atoms with Crippen LogP contribution in [0, 0.1) is 0 Å². The third-order valence-electron chi connectivity index (χ3n) is 3.26. The van der Waals surface area contributed by atoms with Crippen molar-refractivity contribution >= 4 is 11.9 Å². The first-order valence-electron chi connectivity index (χ1n) is 6.13. The van der Waals surface area contributed by atoms with E-state index >= 15 is 0 Å². The number of carboxylic acid groups (broad SMARTS) is 1. The first-order valence-corrected chi connectivity index (χ1v) is 6.13. The van der Waals surface area contributed by atoms with Gasteiger partial charge in [-0.15, -0.1) is 0 Å². The van der Waals surface area contributed by atoms with E-state index in [0.717, 1.165) is 16.7 Å². The number of nitrogens with zero attached hydrogens (tertiary/aromatic N) is 1. The van der Waals surface area contributed by atoms with Crippen LogP contribution in [0.25, 0.3) is 0 Å². The van der Waals surface area contributed by atoms with Crippen molar-refractivity contribution in [3.63, 3.8) is 0 Å². The second kappa shape index (κ2) is 4.80. The van der Waals surface area contributed by atoms with Crippen LogP contribution in [-0.4, -0.2) is 27.9 Å². The van der Waals surface area contributed by atoms with Gasteiger partial charge in [-0.1, -0.05) is 12.1 Å². The van der Waals surface area contributed by atoms with Crippen molar-refractivity contribution in [2.24, 2.45) is 0 Å². The maximum absolute atomic E-state index is 12.1. The summed E-state index contributed by atoms with van der Waals surface area (Å²) >= 11 is 0. The predicted octanol–water partition coefficient (Wildman–Crippen LogP) is 2.07. The van der Waals surface area contributed by atoms with Gasteiger partial charge < -0.3 is 10.0 Å². The van der Waals surface area contributed by atoms with Crippen molar-refractivity contribution in [2.75, 3.05) is 0 Å². The molecule has 1 aliphatic rings. The molecule has 0 unspecified atom stereocenters. The normalized spacial score (nSPS) is 14.2. The third-order valence-corrected chi connectivity index (χ3v) is 3.26. The van der Waals surface area contributed by atoms with Gasteiger partial charge in [-0.3, -0.25) is 9.59 Å². The summed E-state index contributed by atoms with van der Waals surface area (Å²) in [6.07, 6.45) is 0.568. The summed E-state index contributed by atoms with van der Waals surface area (Å²) in [6.45, 7) is 4.65. The summed E-state index contributed by atoms with van der Waals surface area (Å²) in [5.41, 5.74) is 2.68. The number of amides is 1. The summed E-state index contributed by atoms with van der Waals surface area (Å²) in [7, 11) is 0. The van der Waals surface area contributed by atoms with E-state index in [-0.39, 0.29) is 18.4 Å². The molecule has 0 saturated carbocycles. The van der Waals surface area contributed by atoms with Gasteiger partial charge in [0.1, 0.15) is 0 Å². The minimum atomic E-state index is -0.814. The van der Waals surface area contributed by atoms with Crippen LogP contribution in [0.3, 0.4) is 0 Å². The first kappa shape index (κ1) is 12.6. The molecule has 18 heavy (non-hydrogen) atoms. The van der Waals surface area contributed by atoms with Crippen molar-refractivity contribution in [2.45, 2.75) is 39.3 Å². The topological polar surface area (TPSA) is 57.6 Å². The second-order valence-electron chi connectivity index (χ2n) is 4.91. The number of carbonyl (C=O) groups excluding carboxylic acids is 1. The van der Waals surface area contributed by atoms with Crippen LogP contribution in [0.5, 0.6) is 0 Å².